The van der Waals surface area contributed by atoms with Crippen molar-refractivity contribution >= 4 is 15.9 Å². The maximum atomic E-state index is 13.1. The number of benzene rings is 1. The van der Waals surface area contributed by atoms with Gasteiger partial charge in [0.25, 0.3) is 0 Å². The lowest BCUT2D eigenvalue weighted by atomic mass is 9.80. The Kier molecular flexibility index (Phi) is 4.89. The van der Waals surface area contributed by atoms with Gasteiger partial charge >= 0.3 is 0 Å². The molecule has 0 bridgehead atoms. The molecular weight excluding hydrogens is 273 g/mol. The van der Waals surface area contributed by atoms with Crippen molar-refractivity contribution in [1.82, 2.24) is 0 Å². The summed E-state index contributed by atoms with van der Waals surface area (Å²) >= 11 is 3.15. The zero-order chi connectivity index (χ0) is 12.2. The summed E-state index contributed by atoms with van der Waals surface area (Å²) < 4.78 is 13.5. The minimum atomic E-state index is -0.294. The summed E-state index contributed by atoms with van der Waals surface area (Å²) in [4.78, 5) is 0. The quantitative estimate of drug-likeness (QED) is 0.875. The molecule has 2 nitrogen and oxygen atoms in total. The number of aliphatic hydroxyl groups excluding tert-OH is 1. The van der Waals surface area contributed by atoms with E-state index in [4.69, 9.17) is 5.73 Å². The number of halogens is 2. The van der Waals surface area contributed by atoms with Gasteiger partial charge in [0.05, 0.1) is 11.1 Å². The molecule has 16 heavy (non-hydrogen) atoms. The van der Waals surface area contributed by atoms with E-state index in [0.29, 0.717) is 17.4 Å². The Bertz CT molecular complexity index is 345. The second-order valence-electron chi connectivity index (χ2n) is 4.14. The van der Waals surface area contributed by atoms with Crippen LogP contribution in [-0.2, 0) is 6.42 Å². The zero-order valence-electron chi connectivity index (χ0n) is 9.34. The summed E-state index contributed by atoms with van der Waals surface area (Å²) in [6.07, 6.45) is 1.46. The van der Waals surface area contributed by atoms with Crippen LogP contribution in [0.25, 0.3) is 0 Å². The summed E-state index contributed by atoms with van der Waals surface area (Å²) in [6.45, 7) is 2.48. The van der Waals surface area contributed by atoms with E-state index in [0.717, 1.165) is 12.0 Å². The van der Waals surface area contributed by atoms with Gasteiger partial charge in [-0.25, -0.2) is 4.39 Å². The maximum Gasteiger partial charge on any atom is 0.137 e. The molecule has 0 saturated heterocycles. The summed E-state index contributed by atoms with van der Waals surface area (Å²) in [5, 5.41) is 9.40. The molecule has 0 aromatic heterocycles. The molecule has 0 heterocycles. The van der Waals surface area contributed by atoms with Crippen LogP contribution in [-0.4, -0.2) is 18.3 Å². The molecule has 0 radical (unpaired) electrons. The second-order valence-corrected chi connectivity index (χ2v) is 5.00. The average Bonchev–Trinajstić information content (AvgIpc) is 2.31. The van der Waals surface area contributed by atoms with Gasteiger partial charge in [0.1, 0.15) is 5.82 Å². The molecule has 0 saturated carbocycles. The molecule has 0 aliphatic rings. The van der Waals surface area contributed by atoms with E-state index >= 15 is 0 Å². The van der Waals surface area contributed by atoms with Gasteiger partial charge in [0.2, 0.25) is 0 Å². The maximum absolute atomic E-state index is 13.1. The molecule has 0 spiro atoms. The first-order valence-corrected chi connectivity index (χ1v) is 6.11. The second kappa shape index (κ2) is 5.75. The summed E-state index contributed by atoms with van der Waals surface area (Å²) in [5.74, 6) is -0.275. The summed E-state index contributed by atoms with van der Waals surface area (Å²) in [5.41, 5.74) is 6.39. The van der Waals surface area contributed by atoms with Crippen LogP contribution in [0.1, 0.15) is 18.9 Å². The Balaban J connectivity index is 2.89. The van der Waals surface area contributed by atoms with Crippen molar-refractivity contribution in [2.75, 3.05) is 13.2 Å². The monoisotopic (exact) mass is 289 g/mol. The van der Waals surface area contributed by atoms with Crippen LogP contribution in [0.15, 0.2) is 22.7 Å². The van der Waals surface area contributed by atoms with Gasteiger partial charge in [0.15, 0.2) is 0 Å². The first-order chi connectivity index (χ1) is 7.56. The highest BCUT2D eigenvalue weighted by Crippen LogP contribution is 2.27. The lowest BCUT2D eigenvalue weighted by molar-refractivity contribution is 0.127. The zero-order valence-corrected chi connectivity index (χ0v) is 10.9. The molecule has 1 atom stereocenters. The number of hydrogen-bond donors (Lipinski definition) is 2. The van der Waals surface area contributed by atoms with Crippen LogP contribution in [0.2, 0.25) is 0 Å². The lowest BCUT2D eigenvalue weighted by Gasteiger charge is -2.29. The van der Waals surface area contributed by atoms with Gasteiger partial charge in [-0.15, -0.1) is 0 Å². The minimum absolute atomic E-state index is 0.0506. The Morgan fingerprint density at radius 3 is 2.62 bits per heavy atom. The van der Waals surface area contributed by atoms with Crippen molar-refractivity contribution in [1.29, 1.82) is 0 Å². The fourth-order valence-electron chi connectivity index (χ4n) is 1.66. The average molecular weight is 290 g/mol. The Hall–Kier alpha value is -0.450. The highest BCUT2D eigenvalue weighted by atomic mass is 79.9. The van der Waals surface area contributed by atoms with Gasteiger partial charge in [-0.2, -0.15) is 0 Å². The van der Waals surface area contributed by atoms with Gasteiger partial charge in [-0.1, -0.05) is 13.0 Å². The molecule has 1 rings (SSSR count). The number of aliphatic hydroxyl groups is 1. The molecule has 1 aromatic rings. The van der Waals surface area contributed by atoms with E-state index in [1.54, 1.807) is 12.1 Å². The number of nitrogens with two attached hydrogens (primary N) is 1. The topological polar surface area (TPSA) is 46.2 Å². The molecule has 1 unspecified atom stereocenters. The SMILES string of the molecule is CCC(CN)(CO)Cc1ccc(F)c(Br)c1. The van der Waals surface area contributed by atoms with E-state index in [2.05, 4.69) is 15.9 Å². The van der Waals surface area contributed by atoms with Crippen molar-refractivity contribution in [3.8, 4) is 0 Å². The van der Waals surface area contributed by atoms with E-state index in [1.807, 2.05) is 6.92 Å². The first kappa shape index (κ1) is 13.6. The standard InChI is InChI=1S/C12H17BrFNO/c1-2-12(7-15,8-16)6-9-3-4-11(14)10(13)5-9/h3-5,16H,2,6-8,15H2,1H3. The predicted octanol–water partition coefficient (Wildman–Crippen LogP) is 2.48. The molecule has 1 aromatic carbocycles. The lowest BCUT2D eigenvalue weighted by Crippen LogP contribution is -2.35. The highest BCUT2D eigenvalue weighted by molar-refractivity contribution is 9.10. The molecule has 3 N–H and O–H groups in total. The van der Waals surface area contributed by atoms with Gasteiger partial charge in [0, 0.05) is 12.0 Å². The van der Waals surface area contributed by atoms with Gasteiger partial charge in [-0.05, 0) is 46.5 Å². The van der Waals surface area contributed by atoms with Crippen molar-refractivity contribution in [3.05, 3.63) is 34.1 Å². The molecule has 0 aliphatic heterocycles. The van der Waals surface area contributed by atoms with Crippen LogP contribution >= 0.6 is 15.9 Å². The Morgan fingerprint density at radius 2 is 2.19 bits per heavy atom. The molecule has 0 amide bonds. The van der Waals surface area contributed by atoms with E-state index in [-0.39, 0.29) is 17.8 Å². The highest BCUT2D eigenvalue weighted by Gasteiger charge is 2.26. The van der Waals surface area contributed by atoms with Crippen molar-refractivity contribution < 1.29 is 9.50 Å². The Morgan fingerprint density at radius 1 is 1.50 bits per heavy atom. The molecule has 0 aliphatic carbocycles. The fraction of sp³-hybridized carbons (Fsp3) is 0.500. The van der Waals surface area contributed by atoms with E-state index in [9.17, 15) is 9.50 Å². The predicted molar refractivity (Wildman–Crippen MR) is 66.7 cm³/mol. The third-order valence-electron chi connectivity index (χ3n) is 3.08. The minimum Gasteiger partial charge on any atom is -0.396 e. The summed E-state index contributed by atoms with van der Waals surface area (Å²) in [7, 11) is 0. The third kappa shape index (κ3) is 3.03. The van der Waals surface area contributed by atoms with Crippen LogP contribution in [0, 0.1) is 11.2 Å². The van der Waals surface area contributed by atoms with Gasteiger partial charge in [-0.3, -0.25) is 0 Å². The van der Waals surface area contributed by atoms with Crippen LogP contribution < -0.4 is 5.73 Å². The van der Waals surface area contributed by atoms with Gasteiger partial charge < -0.3 is 10.8 Å². The van der Waals surface area contributed by atoms with Crippen molar-refractivity contribution in [2.24, 2.45) is 11.1 Å². The van der Waals surface area contributed by atoms with Crippen LogP contribution in [0.3, 0.4) is 0 Å². The Labute approximate surface area is 104 Å². The van der Waals surface area contributed by atoms with Crippen LogP contribution in [0.5, 0.6) is 0 Å². The number of hydrogen-bond acceptors (Lipinski definition) is 2. The molecule has 90 valence electrons. The normalized spacial score (nSPS) is 14.8. The third-order valence-corrected chi connectivity index (χ3v) is 3.69. The molecular formula is C12H17BrFNO. The molecule has 0 fully saturated rings. The van der Waals surface area contributed by atoms with Crippen molar-refractivity contribution in [3.63, 3.8) is 0 Å². The smallest absolute Gasteiger partial charge is 0.137 e. The van der Waals surface area contributed by atoms with Crippen molar-refractivity contribution in [2.45, 2.75) is 19.8 Å². The van der Waals surface area contributed by atoms with Crippen LogP contribution in [0.4, 0.5) is 4.39 Å². The van der Waals surface area contributed by atoms with E-state index < -0.39 is 0 Å². The van der Waals surface area contributed by atoms with E-state index in [1.165, 1.54) is 6.07 Å². The number of rotatable bonds is 5. The largest absolute Gasteiger partial charge is 0.396 e. The fourth-order valence-corrected chi connectivity index (χ4v) is 2.08. The molecule has 4 heteroatoms. The summed E-state index contributed by atoms with van der Waals surface area (Å²) in [6, 6.07) is 4.90. The first-order valence-electron chi connectivity index (χ1n) is 5.32.